The fraction of sp³-hybridized carbons (Fsp3) is 0.294. The third kappa shape index (κ3) is 4.23. The molecule has 0 radical (unpaired) electrons. The molecule has 130 valence electrons. The minimum atomic E-state index is -0.346. The molecular formula is C17H19N5O3. The Morgan fingerprint density at radius 3 is 2.64 bits per heavy atom. The number of para-hydroxylation sites is 2. The molecule has 3 rings (SSSR count). The summed E-state index contributed by atoms with van der Waals surface area (Å²) in [7, 11) is 0. The number of aryl methyl sites for hydroxylation is 3. The van der Waals surface area contributed by atoms with Crippen molar-refractivity contribution in [2.45, 2.75) is 33.2 Å². The number of hydrazine groups is 1. The molecule has 0 saturated heterocycles. The number of rotatable bonds is 5. The van der Waals surface area contributed by atoms with E-state index in [1.54, 1.807) is 4.68 Å². The van der Waals surface area contributed by atoms with E-state index < -0.39 is 0 Å². The van der Waals surface area contributed by atoms with E-state index in [0.29, 0.717) is 17.9 Å². The van der Waals surface area contributed by atoms with Crippen LogP contribution in [-0.4, -0.2) is 26.6 Å². The number of carbonyl (C=O) groups is 2. The van der Waals surface area contributed by atoms with Gasteiger partial charge < -0.3 is 4.42 Å². The minimum absolute atomic E-state index is 0.0467. The maximum atomic E-state index is 11.9. The summed E-state index contributed by atoms with van der Waals surface area (Å²) in [6, 6.07) is 9.29. The predicted octanol–water partition coefficient (Wildman–Crippen LogP) is 1.42. The van der Waals surface area contributed by atoms with Crippen LogP contribution >= 0.6 is 0 Å². The van der Waals surface area contributed by atoms with Crippen LogP contribution in [0.2, 0.25) is 0 Å². The van der Waals surface area contributed by atoms with E-state index >= 15 is 0 Å². The summed E-state index contributed by atoms with van der Waals surface area (Å²) in [5, 5.41) is 4.20. The Kier molecular flexibility index (Phi) is 4.78. The maximum absolute atomic E-state index is 11.9. The van der Waals surface area contributed by atoms with E-state index in [2.05, 4.69) is 20.9 Å². The monoisotopic (exact) mass is 341 g/mol. The lowest BCUT2D eigenvalue weighted by Gasteiger charge is -2.08. The van der Waals surface area contributed by atoms with Crippen LogP contribution in [0.25, 0.3) is 11.1 Å². The van der Waals surface area contributed by atoms with Gasteiger partial charge in [0.15, 0.2) is 11.5 Å². The van der Waals surface area contributed by atoms with Crippen LogP contribution in [0.15, 0.2) is 34.7 Å². The number of hydrogen-bond donors (Lipinski definition) is 2. The molecule has 2 heterocycles. The van der Waals surface area contributed by atoms with Crippen molar-refractivity contribution >= 4 is 22.9 Å². The Bertz CT molecular complexity index is 879. The smallest absolute Gasteiger partial charge is 0.260 e. The number of amides is 2. The van der Waals surface area contributed by atoms with Gasteiger partial charge in [0.05, 0.1) is 5.69 Å². The van der Waals surface area contributed by atoms with Crippen LogP contribution in [0.5, 0.6) is 0 Å². The average Bonchev–Trinajstić information content (AvgIpc) is 3.13. The quantitative estimate of drug-likeness (QED) is 0.683. The molecular weight excluding hydrogens is 322 g/mol. The Labute approximate surface area is 144 Å². The van der Waals surface area contributed by atoms with Gasteiger partial charge in [-0.1, -0.05) is 12.1 Å². The Morgan fingerprint density at radius 1 is 1.16 bits per heavy atom. The van der Waals surface area contributed by atoms with Crippen molar-refractivity contribution in [2.24, 2.45) is 0 Å². The van der Waals surface area contributed by atoms with Crippen LogP contribution in [0, 0.1) is 13.8 Å². The number of nitrogens with one attached hydrogen (secondary N) is 2. The number of benzene rings is 1. The highest BCUT2D eigenvalue weighted by molar-refractivity contribution is 5.82. The van der Waals surface area contributed by atoms with E-state index in [1.165, 1.54) is 0 Å². The maximum Gasteiger partial charge on any atom is 0.260 e. The standard InChI is InChI=1S/C17H19N5O3/c1-11-9-12(2)22(21-11)10-16(24)20-19-15(23)7-8-17-18-13-5-3-4-6-14(13)25-17/h3-6,9H,7-8,10H2,1-2H3,(H,19,23)(H,20,24). The van der Waals surface area contributed by atoms with Crippen LogP contribution < -0.4 is 10.9 Å². The molecule has 0 aliphatic carbocycles. The van der Waals surface area contributed by atoms with Crippen molar-refractivity contribution in [3.8, 4) is 0 Å². The van der Waals surface area contributed by atoms with Crippen LogP contribution in [0.4, 0.5) is 0 Å². The van der Waals surface area contributed by atoms with E-state index in [1.807, 2.05) is 44.2 Å². The first-order valence-electron chi connectivity index (χ1n) is 7.94. The number of hydrogen-bond acceptors (Lipinski definition) is 5. The number of nitrogens with zero attached hydrogens (tertiary/aromatic N) is 3. The van der Waals surface area contributed by atoms with Crippen LogP contribution in [-0.2, 0) is 22.6 Å². The first kappa shape index (κ1) is 16.7. The fourth-order valence-electron chi connectivity index (χ4n) is 2.46. The molecule has 25 heavy (non-hydrogen) atoms. The van der Waals surface area contributed by atoms with Gasteiger partial charge in [0, 0.05) is 18.5 Å². The second kappa shape index (κ2) is 7.16. The summed E-state index contributed by atoms with van der Waals surface area (Å²) in [5.74, 6) is -0.171. The van der Waals surface area contributed by atoms with Gasteiger partial charge in [0.2, 0.25) is 5.91 Å². The molecule has 0 aliphatic rings. The van der Waals surface area contributed by atoms with Gasteiger partial charge in [-0.25, -0.2) is 4.98 Å². The molecule has 0 spiro atoms. The molecule has 8 heteroatoms. The van der Waals surface area contributed by atoms with Gasteiger partial charge in [-0.05, 0) is 32.0 Å². The Hall–Kier alpha value is -3.16. The molecule has 0 atom stereocenters. The highest BCUT2D eigenvalue weighted by atomic mass is 16.3. The molecule has 0 saturated carbocycles. The zero-order valence-corrected chi connectivity index (χ0v) is 14.1. The van der Waals surface area contributed by atoms with Gasteiger partial charge in [-0.3, -0.25) is 25.1 Å². The van der Waals surface area contributed by atoms with E-state index in [0.717, 1.165) is 16.9 Å². The van der Waals surface area contributed by atoms with Crippen LogP contribution in [0.1, 0.15) is 23.7 Å². The van der Waals surface area contributed by atoms with Gasteiger partial charge in [0.1, 0.15) is 12.1 Å². The highest BCUT2D eigenvalue weighted by Gasteiger charge is 2.10. The fourth-order valence-corrected chi connectivity index (χ4v) is 2.46. The van der Waals surface area contributed by atoms with Crippen LogP contribution in [0.3, 0.4) is 0 Å². The lowest BCUT2D eigenvalue weighted by molar-refractivity contribution is -0.129. The Morgan fingerprint density at radius 2 is 1.92 bits per heavy atom. The second-order valence-electron chi connectivity index (χ2n) is 5.76. The summed E-state index contributed by atoms with van der Waals surface area (Å²) in [6.45, 7) is 3.77. The molecule has 2 amide bonds. The SMILES string of the molecule is Cc1cc(C)n(CC(=O)NNC(=O)CCc2nc3ccccc3o2)n1. The third-order valence-corrected chi connectivity index (χ3v) is 3.64. The van der Waals surface area contributed by atoms with Crippen molar-refractivity contribution < 1.29 is 14.0 Å². The summed E-state index contributed by atoms with van der Waals surface area (Å²) >= 11 is 0. The molecule has 0 aliphatic heterocycles. The predicted molar refractivity (Wildman–Crippen MR) is 90.3 cm³/mol. The van der Waals surface area contributed by atoms with Crippen molar-refractivity contribution in [1.29, 1.82) is 0 Å². The molecule has 2 aromatic heterocycles. The zero-order chi connectivity index (χ0) is 17.8. The zero-order valence-electron chi connectivity index (χ0n) is 14.1. The lowest BCUT2D eigenvalue weighted by atomic mass is 10.3. The molecule has 0 bridgehead atoms. The summed E-state index contributed by atoms with van der Waals surface area (Å²) < 4.78 is 7.13. The largest absolute Gasteiger partial charge is 0.441 e. The number of carbonyl (C=O) groups excluding carboxylic acids is 2. The minimum Gasteiger partial charge on any atom is -0.441 e. The first-order valence-corrected chi connectivity index (χ1v) is 7.94. The normalized spacial score (nSPS) is 10.8. The number of aromatic nitrogens is 3. The highest BCUT2D eigenvalue weighted by Crippen LogP contribution is 2.15. The van der Waals surface area contributed by atoms with E-state index in [-0.39, 0.29) is 24.8 Å². The summed E-state index contributed by atoms with van der Waals surface area (Å²) in [5.41, 5.74) is 7.94. The van der Waals surface area contributed by atoms with Crippen molar-refractivity contribution in [2.75, 3.05) is 0 Å². The van der Waals surface area contributed by atoms with Gasteiger partial charge in [-0.15, -0.1) is 0 Å². The molecule has 1 aromatic carbocycles. The Balaban J connectivity index is 1.44. The van der Waals surface area contributed by atoms with E-state index in [4.69, 9.17) is 4.42 Å². The van der Waals surface area contributed by atoms with Gasteiger partial charge in [0.25, 0.3) is 5.91 Å². The second-order valence-corrected chi connectivity index (χ2v) is 5.76. The molecule has 0 unspecified atom stereocenters. The number of oxazole rings is 1. The molecule has 8 nitrogen and oxygen atoms in total. The lowest BCUT2D eigenvalue weighted by Crippen LogP contribution is -2.43. The van der Waals surface area contributed by atoms with E-state index in [9.17, 15) is 9.59 Å². The van der Waals surface area contributed by atoms with Gasteiger partial charge in [-0.2, -0.15) is 5.10 Å². The molecule has 2 N–H and O–H groups in total. The molecule has 0 fully saturated rings. The van der Waals surface area contributed by atoms with Crippen molar-refractivity contribution in [1.82, 2.24) is 25.6 Å². The summed E-state index contributed by atoms with van der Waals surface area (Å²) in [6.07, 6.45) is 0.515. The average molecular weight is 341 g/mol. The third-order valence-electron chi connectivity index (χ3n) is 3.64. The first-order chi connectivity index (χ1) is 12.0. The van der Waals surface area contributed by atoms with Crippen molar-refractivity contribution in [3.63, 3.8) is 0 Å². The van der Waals surface area contributed by atoms with Crippen molar-refractivity contribution in [3.05, 3.63) is 47.6 Å². The summed E-state index contributed by atoms with van der Waals surface area (Å²) in [4.78, 5) is 28.0. The molecule has 3 aromatic rings. The topological polar surface area (TPSA) is 102 Å². The van der Waals surface area contributed by atoms with Gasteiger partial charge >= 0.3 is 0 Å². The number of fused-ring (bicyclic) bond motifs is 1.